The molecule has 1 aromatic rings. The smallest absolute Gasteiger partial charge is 0.240 e. The van der Waals surface area contributed by atoms with Crippen LogP contribution in [0.2, 0.25) is 0 Å². The molecule has 1 atom stereocenters. The first-order chi connectivity index (χ1) is 8.75. The van der Waals surface area contributed by atoms with E-state index in [4.69, 9.17) is 5.73 Å². The highest BCUT2D eigenvalue weighted by Crippen LogP contribution is 2.23. The predicted octanol–water partition coefficient (Wildman–Crippen LogP) is 1.38. The van der Waals surface area contributed by atoms with Crippen molar-refractivity contribution in [3.63, 3.8) is 0 Å². The lowest BCUT2D eigenvalue weighted by Gasteiger charge is -2.34. The molecule has 0 bridgehead atoms. The summed E-state index contributed by atoms with van der Waals surface area (Å²) in [5, 5.41) is 3.36. The van der Waals surface area contributed by atoms with Crippen molar-refractivity contribution < 1.29 is 8.42 Å². The second kappa shape index (κ2) is 5.90. The van der Waals surface area contributed by atoms with Crippen LogP contribution in [0.3, 0.4) is 0 Å². The fourth-order valence-corrected chi connectivity index (χ4v) is 2.33. The molecule has 0 aliphatic heterocycles. The van der Waals surface area contributed by atoms with Gasteiger partial charge in [-0.25, -0.2) is 13.1 Å². The first kappa shape index (κ1) is 15.9. The fourth-order valence-electron chi connectivity index (χ4n) is 1.60. The molecule has 0 saturated heterocycles. The first-order valence-electron chi connectivity index (χ1n) is 6.27. The van der Waals surface area contributed by atoms with Crippen LogP contribution in [0.25, 0.3) is 0 Å². The summed E-state index contributed by atoms with van der Waals surface area (Å²) >= 11 is 0. The van der Waals surface area contributed by atoms with Crippen LogP contribution in [0.15, 0.2) is 29.2 Å². The number of hydrogen-bond acceptors (Lipinski definition) is 4. The van der Waals surface area contributed by atoms with E-state index in [2.05, 4.69) is 30.8 Å². The topological polar surface area (TPSA) is 84.2 Å². The van der Waals surface area contributed by atoms with Gasteiger partial charge in [0.2, 0.25) is 10.0 Å². The maximum atomic E-state index is 11.6. The molecule has 0 spiro atoms. The molecule has 108 valence electrons. The van der Waals surface area contributed by atoms with Gasteiger partial charge >= 0.3 is 0 Å². The highest BCUT2D eigenvalue weighted by molar-refractivity contribution is 7.89. The van der Waals surface area contributed by atoms with Gasteiger partial charge in [-0.15, -0.1) is 0 Å². The van der Waals surface area contributed by atoms with Crippen molar-refractivity contribution in [2.75, 3.05) is 18.9 Å². The van der Waals surface area contributed by atoms with Gasteiger partial charge in [-0.05, 0) is 44.2 Å². The Morgan fingerprint density at radius 1 is 1.26 bits per heavy atom. The molecule has 0 aliphatic rings. The molecule has 0 amide bonds. The molecule has 1 unspecified atom stereocenters. The van der Waals surface area contributed by atoms with Gasteiger partial charge in [0, 0.05) is 17.8 Å². The molecule has 0 radical (unpaired) electrons. The monoisotopic (exact) mass is 285 g/mol. The standard InChI is InChI=1S/C13H23N3O2S/c1-10(2)13(3,9-14)16-11-5-7-12(8-6-11)19(17,18)15-4/h5-8,10,15-16H,9,14H2,1-4H3. The number of anilines is 1. The van der Waals surface area contributed by atoms with Gasteiger partial charge in [0.25, 0.3) is 0 Å². The molecular formula is C13H23N3O2S. The van der Waals surface area contributed by atoms with Gasteiger partial charge in [0.05, 0.1) is 4.90 Å². The summed E-state index contributed by atoms with van der Waals surface area (Å²) in [6, 6.07) is 6.65. The number of rotatable bonds is 6. The molecule has 19 heavy (non-hydrogen) atoms. The maximum absolute atomic E-state index is 11.6. The van der Waals surface area contributed by atoms with Crippen molar-refractivity contribution in [3.05, 3.63) is 24.3 Å². The summed E-state index contributed by atoms with van der Waals surface area (Å²) in [6.07, 6.45) is 0. The van der Waals surface area contributed by atoms with Crippen LogP contribution in [0, 0.1) is 5.92 Å². The summed E-state index contributed by atoms with van der Waals surface area (Å²) in [4.78, 5) is 0.250. The maximum Gasteiger partial charge on any atom is 0.240 e. The summed E-state index contributed by atoms with van der Waals surface area (Å²) < 4.78 is 25.5. The van der Waals surface area contributed by atoms with Crippen LogP contribution < -0.4 is 15.8 Å². The van der Waals surface area contributed by atoms with E-state index < -0.39 is 10.0 Å². The molecule has 0 aromatic heterocycles. The van der Waals surface area contributed by atoms with E-state index in [-0.39, 0.29) is 10.4 Å². The second-order valence-electron chi connectivity index (χ2n) is 5.13. The highest BCUT2D eigenvalue weighted by atomic mass is 32.2. The van der Waals surface area contributed by atoms with Gasteiger partial charge in [-0.2, -0.15) is 0 Å². The molecule has 0 aliphatic carbocycles. The quantitative estimate of drug-likeness (QED) is 0.737. The molecule has 5 nitrogen and oxygen atoms in total. The van der Waals surface area contributed by atoms with Crippen molar-refractivity contribution >= 4 is 15.7 Å². The third-order valence-corrected chi connectivity index (χ3v) is 4.99. The summed E-state index contributed by atoms with van der Waals surface area (Å²) in [7, 11) is -1.99. The Kier molecular flexibility index (Phi) is 4.95. The van der Waals surface area contributed by atoms with Gasteiger partial charge < -0.3 is 11.1 Å². The Bertz CT molecular complexity index is 511. The number of nitrogens with one attached hydrogen (secondary N) is 2. The lowest BCUT2D eigenvalue weighted by atomic mass is 9.88. The molecule has 1 rings (SSSR count). The highest BCUT2D eigenvalue weighted by Gasteiger charge is 2.26. The van der Waals surface area contributed by atoms with Crippen LogP contribution in [0.1, 0.15) is 20.8 Å². The van der Waals surface area contributed by atoms with E-state index >= 15 is 0 Å². The third kappa shape index (κ3) is 3.68. The van der Waals surface area contributed by atoms with E-state index in [9.17, 15) is 8.42 Å². The average molecular weight is 285 g/mol. The normalized spacial score (nSPS) is 15.3. The Balaban J connectivity index is 2.95. The largest absolute Gasteiger partial charge is 0.378 e. The van der Waals surface area contributed by atoms with E-state index in [0.29, 0.717) is 12.5 Å². The number of hydrogen-bond donors (Lipinski definition) is 3. The van der Waals surface area contributed by atoms with E-state index in [0.717, 1.165) is 5.69 Å². The minimum absolute atomic E-state index is 0.219. The summed E-state index contributed by atoms with van der Waals surface area (Å²) in [5.74, 6) is 0.359. The van der Waals surface area contributed by atoms with Gasteiger partial charge in [-0.3, -0.25) is 0 Å². The molecule has 6 heteroatoms. The zero-order chi connectivity index (χ0) is 14.7. The van der Waals surface area contributed by atoms with Crippen molar-refractivity contribution in [2.24, 2.45) is 11.7 Å². The van der Waals surface area contributed by atoms with Crippen molar-refractivity contribution in [2.45, 2.75) is 31.2 Å². The Labute approximate surface area is 115 Å². The zero-order valence-electron chi connectivity index (χ0n) is 11.9. The lowest BCUT2D eigenvalue weighted by molar-refractivity contribution is 0.382. The van der Waals surface area contributed by atoms with Crippen LogP contribution in [0.5, 0.6) is 0 Å². The molecule has 4 N–H and O–H groups in total. The predicted molar refractivity (Wildman–Crippen MR) is 78.6 cm³/mol. The minimum atomic E-state index is -3.38. The van der Waals surface area contributed by atoms with Gasteiger partial charge in [0.1, 0.15) is 0 Å². The SMILES string of the molecule is CNS(=O)(=O)c1ccc(NC(C)(CN)C(C)C)cc1. The molecule has 0 heterocycles. The molecule has 0 saturated carbocycles. The van der Waals surface area contributed by atoms with Crippen molar-refractivity contribution in [1.29, 1.82) is 0 Å². The number of sulfonamides is 1. The van der Waals surface area contributed by atoms with Crippen LogP contribution >= 0.6 is 0 Å². The molecule has 1 aromatic carbocycles. The van der Waals surface area contributed by atoms with Gasteiger partial charge in [-0.1, -0.05) is 13.8 Å². The van der Waals surface area contributed by atoms with Crippen molar-refractivity contribution in [3.8, 4) is 0 Å². The minimum Gasteiger partial charge on any atom is -0.378 e. The van der Waals surface area contributed by atoms with Crippen LogP contribution in [-0.4, -0.2) is 27.5 Å². The zero-order valence-corrected chi connectivity index (χ0v) is 12.7. The first-order valence-corrected chi connectivity index (χ1v) is 7.75. The van der Waals surface area contributed by atoms with E-state index in [1.54, 1.807) is 24.3 Å². The van der Waals surface area contributed by atoms with Crippen LogP contribution in [-0.2, 0) is 10.0 Å². The van der Waals surface area contributed by atoms with E-state index in [1.165, 1.54) is 7.05 Å². The Morgan fingerprint density at radius 3 is 2.16 bits per heavy atom. The Morgan fingerprint density at radius 2 is 1.79 bits per heavy atom. The summed E-state index contributed by atoms with van der Waals surface area (Å²) in [5.41, 5.74) is 6.45. The molecular weight excluding hydrogens is 262 g/mol. The number of nitrogens with two attached hydrogens (primary N) is 1. The average Bonchev–Trinajstić information content (AvgIpc) is 2.39. The van der Waals surface area contributed by atoms with Crippen LogP contribution in [0.4, 0.5) is 5.69 Å². The summed E-state index contributed by atoms with van der Waals surface area (Å²) in [6.45, 7) is 6.75. The van der Waals surface area contributed by atoms with Crippen molar-refractivity contribution in [1.82, 2.24) is 4.72 Å². The fraction of sp³-hybridized carbons (Fsp3) is 0.538. The Hall–Kier alpha value is -1.11. The molecule has 0 fully saturated rings. The lowest BCUT2D eigenvalue weighted by Crippen LogP contribution is -2.47. The number of benzene rings is 1. The van der Waals surface area contributed by atoms with Gasteiger partial charge in [0.15, 0.2) is 0 Å². The third-order valence-electron chi connectivity index (χ3n) is 3.56. The van der Waals surface area contributed by atoms with E-state index in [1.807, 2.05) is 0 Å². The second-order valence-corrected chi connectivity index (χ2v) is 7.02.